The molecule has 0 aliphatic heterocycles. The van der Waals surface area contributed by atoms with Crippen molar-refractivity contribution in [3.63, 3.8) is 0 Å². The normalized spacial score (nSPS) is 18.4. The Morgan fingerprint density at radius 3 is 2.59 bits per heavy atom. The molecule has 0 radical (unpaired) electrons. The molecule has 0 heterocycles. The van der Waals surface area contributed by atoms with Gasteiger partial charge in [0.1, 0.15) is 9.84 Å². The van der Waals surface area contributed by atoms with Gasteiger partial charge in [-0.05, 0) is 39.0 Å². The van der Waals surface area contributed by atoms with E-state index in [-0.39, 0.29) is 11.8 Å². The molecule has 130 valence electrons. The van der Waals surface area contributed by atoms with Gasteiger partial charge in [0.25, 0.3) is 0 Å². The maximum absolute atomic E-state index is 11.2. The molecule has 1 rings (SSSR count). The first-order valence-corrected chi connectivity index (χ1v) is 10.7. The van der Waals surface area contributed by atoms with Gasteiger partial charge in [0.2, 0.25) is 0 Å². The molecule has 0 saturated heterocycles. The number of nitrogens with one attached hydrogen (secondary N) is 2. The number of nitrogens with zero attached hydrogens (tertiary/aromatic N) is 1. The van der Waals surface area contributed by atoms with E-state index in [1.165, 1.54) is 38.4 Å². The van der Waals surface area contributed by atoms with E-state index in [1.54, 1.807) is 0 Å². The third-order valence-electron chi connectivity index (χ3n) is 4.16. The molecule has 2 N–H and O–H groups in total. The Morgan fingerprint density at radius 2 is 2.00 bits per heavy atom. The summed E-state index contributed by atoms with van der Waals surface area (Å²) >= 11 is 0. The Bertz CT molecular complexity index is 429. The van der Waals surface area contributed by atoms with Gasteiger partial charge in [-0.15, -0.1) is 0 Å². The lowest BCUT2D eigenvalue weighted by atomic mass is 10.0. The molecule has 5 nitrogen and oxygen atoms in total. The maximum atomic E-state index is 11.2. The van der Waals surface area contributed by atoms with Crippen LogP contribution in [0.3, 0.4) is 0 Å². The zero-order chi connectivity index (χ0) is 16.4. The van der Waals surface area contributed by atoms with E-state index in [0.29, 0.717) is 6.42 Å². The van der Waals surface area contributed by atoms with Crippen LogP contribution >= 0.6 is 0 Å². The van der Waals surface area contributed by atoms with E-state index in [1.807, 2.05) is 13.8 Å². The van der Waals surface area contributed by atoms with Crippen molar-refractivity contribution in [2.24, 2.45) is 10.9 Å². The Kier molecular flexibility index (Phi) is 8.83. The number of aliphatic imine (C=N–C) groups is 1. The number of hydrogen-bond acceptors (Lipinski definition) is 3. The summed E-state index contributed by atoms with van der Waals surface area (Å²) in [5.41, 5.74) is 0. The predicted octanol–water partition coefficient (Wildman–Crippen LogP) is 2.34. The van der Waals surface area contributed by atoms with Crippen molar-refractivity contribution < 1.29 is 8.42 Å². The van der Waals surface area contributed by atoms with Crippen LogP contribution < -0.4 is 10.6 Å². The zero-order valence-corrected chi connectivity index (χ0v) is 15.2. The third kappa shape index (κ3) is 9.28. The van der Waals surface area contributed by atoms with Crippen LogP contribution in [-0.4, -0.2) is 45.5 Å². The second-order valence-corrected chi connectivity index (χ2v) is 8.78. The first-order chi connectivity index (χ1) is 10.4. The molecule has 0 aromatic heterocycles. The van der Waals surface area contributed by atoms with E-state index >= 15 is 0 Å². The van der Waals surface area contributed by atoms with Gasteiger partial charge in [-0.3, -0.25) is 4.99 Å². The number of sulfone groups is 1. The Hall–Kier alpha value is -0.780. The fraction of sp³-hybridized carbons (Fsp3) is 0.938. The highest BCUT2D eigenvalue weighted by atomic mass is 32.2. The molecule has 0 bridgehead atoms. The first kappa shape index (κ1) is 19.3. The van der Waals surface area contributed by atoms with Crippen LogP contribution in [0.2, 0.25) is 0 Å². The largest absolute Gasteiger partial charge is 0.357 e. The molecule has 1 aliphatic rings. The minimum atomic E-state index is -2.90. The quantitative estimate of drug-likeness (QED) is 0.386. The Morgan fingerprint density at radius 1 is 1.32 bits per heavy atom. The van der Waals surface area contributed by atoms with Gasteiger partial charge in [0.05, 0.1) is 5.75 Å². The van der Waals surface area contributed by atoms with Gasteiger partial charge in [0.15, 0.2) is 5.96 Å². The second-order valence-electron chi connectivity index (χ2n) is 6.52. The monoisotopic (exact) mass is 331 g/mol. The molecule has 0 amide bonds. The van der Waals surface area contributed by atoms with Crippen molar-refractivity contribution >= 4 is 15.8 Å². The summed E-state index contributed by atoms with van der Waals surface area (Å²) in [7, 11) is -2.90. The van der Waals surface area contributed by atoms with Crippen LogP contribution in [-0.2, 0) is 9.84 Å². The molecule has 0 aromatic carbocycles. The van der Waals surface area contributed by atoms with E-state index in [0.717, 1.165) is 31.4 Å². The van der Waals surface area contributed by atoms with Crippen molar-refractivity contribution in [3.05, 3.63) is 0 Å². The molecule has 0 spiro atoms. The van der Waals surface area contributed by atoms with Crippen LogP contribution in [0.15, 0.2) is 4.99 Å². The minimum absolute atomic E-state index is 0.0994. The number of hydrogen-bond donors (Lipinski definition) is 2. The van der Waals surface area contributed by atoms with Crippen LogP contribution in [0, 0.1) is 5.92 Å². The summed E-state index contributed by atoms with van der Waals surface area (Å²) in [5, 5.41) is 6.52. The van der Waals surface area contributed by atoms with E-state index in [2.05, 4.69) is 15.6 Å². The van der Waals surface area contributed by atoms with Gasteiger partial charge in [-0.2, -0.15) is 0 Å². The lowest BCUT2D eigenvalue weighted by Crippen LogP contribution is -2.42. The summed E-state index contributed by atoms with van der Waals surface area (Å²) < 4.78 is 22.4. The van der Waals surface area contributed by atoms with E-state index < -0.39 is 9.84 Å². The van der Waals surface area contributed by atoms with Crippen LogP contribution in [0.1, 0.15) is 58.8 Å². The van der Waals surface area contributed by atoms with E-state index in [9.17, 15) is 8.42 Å². The Labute approximate surface area is 136 Å². The Balaban J connectivity index is 2.30. The molecule has 1 unspecified atom stereocenters. The highest BCUT2D eigenvalue weighted by Crippen LogP contribution is 2.28. The summed E-state index contributed by atoms with van der Waals surface area (Å²) in [6.45, 7) is 5.69. The van der Waals surface area contributed by atoms with Gasteiger partial charge in [0, 0.05) is 25.4 Å². The van der Waals surface area contributed by atoms with Gasteiger partial charge in [-0.25, -0.2) is 8.42 Å². The lowest BCUT2D eigenvalue weighted by molar-refractivity contribution is 0.487. The van der Waals surface area contributed by atoms with Gasteiger partial charge >= 0.3 is 0 Å². The zero-order valence-electron chi connectivity index (χ0n) is 14.4. The number of rotatable bonds is 9. The smallest absolute Gasteiger partial charge is 0.191 e. The SMILES string of the molecule is CCNC(=NCCCC1CCCC1)NC(C)CCS(C)(=O)=O. The van der Waals surface area contributed by atoms with Crippen molar-refractivity contribution in [1.82, 2.24) is 10.6 Å². The first-order valence-electron chi connectivity index (χ1n) is 8.63. The summed E-state index contributed by atoms with van der Waals surface area (Å²) in [6.07, 6.45) is 9.89. The molecule has 1 atom stereocenters. The molecular formula is C16H33N3O2S. The molecule has 0 aromatic rings. The lowest BCUT2D eigenvalue weighted by Gasteiger charge is -2.17. The van der Waals surface area contributed by atoms with E-state index in [4.69, 9.17) is 0 Å². The summed E-state index contributed by atoms with van der Waals surface area (Å²) in [4.78, 5) is 4.60. The molecule has 22 heavy (non-hydrogen) atoms. The maximum Gasteiger partial charge on any atom is 0.191 e. The second kappa shape index (κ2) is 10.1. The summed E-state index contributed by atoms with van der Waals surface area (Å²) in [6, 6.07) is 0.0994. The topological polar surface area (TPSA) is 70.6 Å². The van der Waals surface area contributed by atoms with Crippen molar-refractivity contribution in [3.8, 4) is 0 Å². The molecule has 6 heteroatoms. The fourth-order valence-corrected chi connectivity index (χ4v) is 3.67. The molecule has 1 fully saturated rings. The van der Waals surface area contributed by atoms with Gasteiger partial charge in [-0.1, -0.05) is 25.7 Å². The van der Waals surface area contributed by atoms with Crippen LogP contribution in [0.5, 0.6) is 0 Å². The average molecular weight is 332 g/mol. The average Bonchev–Trinajstić information content (AvgIpc) is 2.94. The van der Waals surface area contributed by atoms with Crippen molar-refractivity contribution in [1.29, 1.82) is 0 Å². The fourth-order valence-electron chi connectivity index (χ4n) is 2.89. The predicted molar refractivity (Wildman–Crippen MR) is 94.1 cm³/mol. The third-order valence-corrected chi connectivity index (χ3v) is 5.14. The highest BCUT2D eigenvalue weighted by molar-refractivity contribution is 7.90. The van der Waals surface area contributed by atoms with Crippen LogP contribution in [0.25, 0.3) is 0 Å². The minimum Gasteiger partial charge on any atom is -0.357 e. The van der Waals surface area contributed by atoms with Gasteiger partial charge < -0.3 is 10.6 Å². The summed E-state index contributed by atoms with van der Waals surface area (Å²) in [5.74, 6) is 1.93. The molecular weight excluding hydrogens is 298 g/mol. The van der Waals surface area contributed by atoms with Crippen molar-refractivity contribution in [2.45, 2.75) is 64.8 Å². The number of guanidine groups is 1. The van der Waals surface area contributed by atoms with Crippen molar-refractivity contribution in [2.75, 3.05) is 25.1 Å². The highest BCUT2D eigenvalue weighted by Gasteiger charge is 2.14. The van der Waals surface area contributed by atoms with Crippen LogP contribution in [0.4, 0.5) is 0 Å². The standard InChI is InChI=1S/C16H33N3O2S/c1-4-17-16(19-14(2)11-13-22(3,20)21)18-12-7-10-15-8-5-6-9-15/h14-15H,4-13H2,1-3H3,(H2,17,18,19). The molecule has 1 aliphatic carbocycles. The molecule has 1 saturated carbocycles.